The molecule has 17 heavy (non-hydrogen) atoms. The molecule has 4 heteroatoms. The highest BCUT2D eigenvalue weighted by Crippen LogP contribution is 2.19. The molecule has 1 fully saturated rings. The Morgan fingerprint density at radius 1 is 1.59 bits per heavy atom. The molecule has 2 atom stereocenters. The Bertz CT molecular complexity index is 331. The third-order valence-electron chi connectivity index (χ3n) is 3.47. The largest absolute Gasteiger partial charge is 0.381 e. The second-order valence-electron chi connectivity index (χ2n) is 4.70. The molecule has 96 valence electrons. The minimum absolute atomic E-state index is 0.525. The van der Waals surface area contributed by atoms with Crippen LogP contribution in [-0.4, -0.2) is 35.6 Å². The standard InChI is InChI=1S/C13H23N3O/c1-3-14-13(12-5-6-17-10-12)7-11-8-15-16(4-2)9-11/h8-9,12-14H,3-7,10H2,1-2H3. The molecule has 4 nitrogen and oxygen atoms in total. The highest BCUT2D eigenvalue weighted by Gasteiger charge is 2.25. The van der Waals surface area contributed by atoms with Crippen LogP contribution < -0.4 is 5.32 Å². The van der Waals surface area contributed by atoms with Crippen molar-refractivity contribution in [3.05, 3.63) is 18.0 Å². The van der Waals surface area contributed by atoms with Crippen LogP contribution in [0.4, 0.5) is 0 Å². The maximum absolute atomic E-state index is 5.49. The van der Waals surface area contributed by atoms with Gasteiger partial charge in [-0.2, -0.15) is 5.10 Å². The van der Waals surface area contributed by atoms with E-state index >= 15 is 0 Å². The van der Waals surface area contributed by atoms with Gasteiger partial charge in [-0.1, -0.05) is 6.92 Å². The summed E-state index contributed by atoms with van der Waals surface area (Å²) in [6.45, 7) is 8.06. The van der Waals surface area contributed by atoms with Gasteiger partial charge in [0.15, 0.2) is 0 Å². The number of rotatable bonds is 6. The molecule has 1 N–H and O–H groups in total. The Labute approximate surface area is 103 Å². The van der Waals surface area contributed by atoms with Crippen LogP contribution in [0.2, 0.25) is 0 Å². The van der Waals surface area contributed by atoms with Gasteiger partial charge in [0.25, 0.3) is 0 Å². The Morgan fingerprint density at radius 2 is 2.47 bits per heavy atom. The van der Waals surface area contributed by atoms with Crippen LogP contribution in [0.3, 0.4) is 0 Å². The molecule has 2 rings (SSSR count). The van der Waals surface area contributed by atoms with E-state index in [9.17, 15) is 0 Å². The van der Waals surface area contributed by atoms with Crippen LogP contribution in [0.1, 0.15) is 25.8 Å². The molecule has 0 amide bonds. The van der Waals surface area contributed by atoms with E-state index in [0.29, 0.717) is 12.0 Å². The lowest BCUT2D eigenvalue weighted by Gasteiger charge is -2.22. The zero-order chi connectivity index (χ0) is 12.1. The third-order valence-corrected chi connectivity index (χ3v) is 3.47. The number of nitrogens with one attached hydrogen (secondary N) is 1. The lowest BCUT2D eigenvalue weighted by Crippen LogP contribution is -2.38. The fourth-order valence-corrected chi connectivity index (χ4v) is 2.48. The van der Waals surface area contributed by atoms with Gasteiger partial charge < -0.3 is 10.1 Å². The summed E-state index contributed by atoms with van der Waals surface area (Å²) in [4.78, 5) is 0. The first kappa shape index (κ1) is 12.6. The summed E-state index contributed by atoms with van der Waals surface area (Å²) in [5.41, 5.74) is 1.32. The predicted molar refractivity (Wildman–Crippen MR) is 68.0 cm³/mol. The summed E-state index contributed by atoms with van der Waals surface area (Å²) in [7, 11) is 0. The van der Waals surface area contributed by atoms with Crippen molar-refractivity contribution in [2.24, 2.45) is 5.92 Å². The smallest absolute Gasteiger partial charge is 0.0522 e. The minimum atomic E-state index is 0.525. The maximum atomic E-state index is 5.49. The first-order chi connectivity index (χ1) is 8.33. The molecule has 1 aromatic rings. The molecule has 1 aliphatic rings. The van der Waals surface area contributed by atoms with E-state index in [1.165, 1.54) is 12.0 Å². The van der Waals surface area contributed by atoms with Crippen molar-refractivity contribution in [3.8, 4) is 0 Å². The van der Waals surface area contributed by atoms with Crippen molar-refractivity contribution in [1.82, 2.24) is 15.1 Å². The van der Waals surface area contributed by atoms with Gasteiger partial charge >= 0.3 is 0 Å². The fraction of sp³-hybridized carbons (Fsp3) is 0.769. The molecule has 1 saturated heterocycles. The molecule has 0 bridgehead atoms. The lowest BCUT2D eigenvalue weighted by atomic mass is 9.94. The fourth-order valence-electron chi connectivity index (χ4n) is 2.48. The Hall–Kier alpha value is -0.870. The molecule has 2 heterocycles. The van der Waals surface area contributed by atoms with Crippen molar-refractivity contribution in [3.63, 3.8) is 0 Å². The van der Waals surface area contributed by atoms with Crippen LogP contribution in [0.5, 0.6) is 0 Å². The Morgan fingerprint density at radius 3 is 3.06 bits per heavy atom. The normalized spacial score (nSPS) is 21.9. The number of aryl methyl sites for hydroxylation is 1. The molecular formula is C13H23N3O. The summed E-state index contributed by atoms with van der Waals surface area (Å²) >= 11 is 0. The van der Waals surface area contributed by atoms with Crippen molar-refractivity contribution >= 4 is 0 Å². The first-order valence-electron chi connectivity index (χ1n) is 6.66. The summed E-state index contributed by atoms with van der Waals surface area (Å²) in [6, 6.07) is 0.525. The Kier molecular flexibility index (Phi) is 4.57. The van der Waals surface area contributed by atoms with Gasteiger partial charge in [0.1, 0.15) is 0 Å². The van der Waals surface area contributed by atoms with Gasteiger partial charge in [0, 0.05) is 31.3 Å². The highest BCUT2D eigenvalue weighted by atomic mass is 16.5. The maximum Gasteiger partial charge on any atom is 0.0522 e. The van der Waals surface area contributed by atoms with E-state index in [-0.39, 0.29) is 0 Å². The average Bonchev–Trinajstić information content (AvgIpc) is 2.99. The zero-order valence-electron chi connectivity index (χ0n) is 10.9. The van der Waals surface area contributed by atoms with Crippen LogP contribution in [0.15, 0.2) is 12.4 Å². The van der Waals surface area contributed by atoms with Crippen molar-refractivity contribution in [1.29, 1.82) is 0 Å². The van der Waals surface area contributed by atoms with Crippen LogP contribution in [0, 0.1) is 5.92 Å². The molecule has 0 radical (unpaired) electrons. The molecule has 0 saturated carbocycles. The van der Waals surface area contributed by atoms with E-state index in [1.54, 1.807) is 0 Å². The monoisotopic (exact) mass is 237 g/mol. The van der Waals surface area contributed by atoms with Crippen LogP contribution in [0.25, 0.3) is 0 Å². The van der Waals surface area contributed by atoms with E-state index in [2.05, 4.69) is 30.5 Å². The molecule has 0 aliphatic carbocycles. The Balaban J connectivity index is 1.96. The van der Waals surface area contributed by atoms with Gasteiger partial charge in [-0.15, -0.1) is 0 Å². The highest BCUT2D eigenvalue weighted by molar-refractivity contribution is 5.07. The van der Waals surface area contributed by atoms with Gasteiger partial charge in [0.05, 0.1) is 12.8 Å². The van der Waals surface area contributed by atoms with E-state index < -0.39 is 0 Å². The van der Waals surface area contributed by atoms with Gasteiger partial charge in [0.2, 0.25) is 0 Å². The number of likely N-dealkylation sites (N-methyl/N-ethyl adjacent to an activating group) is 1. The second-order valence-corrected chi connectivity index (χ2v) is 4.70. The number of nitrogens with zero attached hydrogens (tertiary/aromatic N) is 2. The van der Waals surface area contributed by atoms with Crippen molar-refractivity contribution in [2.75, 3.05) is 19.8 Å². The van der Waals surface area contributed by atoms with E-state index in [1.807, 2.05) is 10.9 Å². The summed E-state index contributed by atoms with van der Waals surface area (Å²) in [5, 5.41) is 7.92. The van der Waals surface area contributed by atoms with Gasteiger partial charge in [-0.05, 0) is 31.9 Å². The topological polar surface area (TPSA) is 39.1 Å². The van der Waals surface area contributed by atoms with Crippen LogP contribution >= 0.6 is 0 Å². The minimum Gasteiger partial charge on any atom is -0.381 e. The quantitative estimate of drug-likeness (QED) is 0.814. The molecule has 2 unspecified atom stereocenters. The molecular weight excluding hydrogens is 214 g/mol. The molecule has 1 aliphatic heterocycles. The number of hydrogen-bond acceptors (Lipinski definition) is 3. The number of ether oxygens (including phenoxy) is 1. The molecule has 1 aromatic heterocycles. The van der Waals surface area contributed by atoms with Crippen LogP contribution in [-0.2, 0) is 17.7 Å². The molecule has 0 spiro atoms. The third kappa shape index (κ3) is 3.30. The summed E-state index contributed by atoms with van der Waals surface area (Å²) in [5.74, 6) is 0.653. The van der Waals surface area contributed by atoms with Gasteiger partial charge in [-0.3, -0.25) is 4.68 Å². The SMILES string of the molecule is CCNC(Cc1cnn(CC)c1)C1CCOC1. The van der Waals surface area contributed by atoms with E-state index in [4.69, 9.17) is 4.74 Å². The summed E-state index contributed by atoms with van der Waals surface area (Å²) < 4.78 is 7.48. The predicted octanol–water partition coefficient (Wildman–Crippen LogP) is 1.46. The molecule has 0 aromatic carbocycles. The average molecular weight is 237 g/mol. The summed E-state index contributed by atoms with van der Waals surface area (Å²) in [6.07, 6.45) is 6.38. The van der Waals surface area contributed by atoms with Gasteiger partial charge in [-0.25, -0.2) is 0 Å². The number of aromatic nitrogens is 2. The zero-order valence-corrected chi connectivity index (χ0v) is 10.9. The lowest BCUT2D eigenvalue weighted by molar-refractivity contribution is 0.176. The van der Waals surface area contributed by atoms with Crippen molar-refractivity contribution in [2.45, 2.75) is 39.3 Å². The first-order valence-corrected chi connectivity index (χ1v) is 6.66. The van der Waals surface area contributed by atoms with Crippen molar-refractivity contribution < 1.29 is 4.74 Å². The number of hydrogen-bond donors (Lipinski definition) is 1. The second kappa shape index (κ2) is 6.17. The van der Waals surface area contributed by atoms with E-state index in [0.717, 1.165) is 32.7 Å².